The van der Waals surface area contributed by atoms with Gasteiger partial charge in [0.25, 0.3) is 0 Å². The first-order valence-electron chi connectivity index (χ1n) is 7.44. The normalized spacial score (nSPS) is 11.8. The van der Waals surface area contributed by atoms with Gasteiger partial charge in [0.05, 0.1) is 4.70 Å². The van der Waals surface area contributed by atoms with Gasteiger partial charge in [-0.15, -0.1) is 11.3 Å². The SMILES string of the molecule is C=C/C(=C\C=C/C)CN(C)C(=O)OCc1nc2c(O)cccc2s1. The number of aromatic nitrogens is 1. The number of hydrogen-bond acceptors (Lipinski definition) is 5. The van der Waals surface area contributed by atoms with Crippen molar-refractivity contribution in [3.05, 3.63) is 59.7 Å². The summed E-state index contributed by atoms with van der Waals surface area (Å²) in [6, 6.07) is 5.21. The van der Waals surface area contributed by atoms with Crippen molar-refractivity contribution in [2.45, 2.75) is 13.5 Å². The number of fused-ring (bicyclic) bond motifs is 1. The van der Waals surface area contributed by atoms with E-state index in [-0.39, 0.29) is 12.4 Å². The van der Waals surface area contributed by atoms with Crippen molar-refractivity contribution in [2.75, 3.05) is 13.6 Å². The molecular weight excluding hydrogens is 324 g/mol. The van der Waals surface area contributed by atoms with Crippen LogP contribution in [0.25, 0.3) is 10.2 Å². The quantitative estimate of drug-likeness (QED) is 0.795. The molecule has 2 rings (SSSR count). The fraction of sp³-hybridized carbons (Fsp3) is 0.222. The number of phenolic OH excluding ortho intramolecular Hbond substituents is 1. The molecule has 0 fully saturated rings. The number of amides is 1. The molecule has 1 heterocycles. The number of allylic oxidation sites excluding steroid dienone is 3. The second-order valence-electron chi connectivity index (χ2n) is 5.11. The molecular formula is C18H20N2O3S. The number of ether oxygens (including phenoxy) is 1. The van der Waals surface area contributed by atoms with Crippen LogP contribution in [-0.2, 0) is 11.3 Å². The van der Waals surface area contributed by atoms with Gasteiger partial charge in [-0.2, -0.15) is 0 Å². The molecule has 0 aliphatic carbocycles. The average molecular weight is 344 g/mol. The van der Waals surface area contributed by atoms with E-state index in [2.05, 4.69) is 11.6 Å². The maximum Gasteiger partial charge on any atom is 0.410 e. The molecule has 0 saturated carbocycles. The Labute approximate surface area is 145 Å². The third-order valence-corrected chi connectivity index (χ3v) is 4.25. The van der Waals surface area contributed by atoms with Gasteiger partial charge in [-0.05, 0) is 24.6 Å². The van der Waals surface area contributed by atoms with Gasteiger partial charge in [0, 0.05) is 13.6 Å². The predicted octanol–water partition coefficient (Wildman–Crippen LogP) is 4.26. The molecule has 1 aromatic heterocycles. The molecule has 6 heteroatoms. The van der Waals surface area contributed by atoms with Gasteiger partial charge in [0.1, 0.15) is 22.9 Å². The van der Waals surface area contributed by atoms with E-state index in [4.69, 9.17) is 4.74 Å². The van der Waals surface area contributed by atoms with Crippen LogP contribution in [0.4, 0.5) is 4.79 Å². The maximum atomic E-state index is 12.1. The Morgan fingerprint density at radius 1 is 1.50 bits per heavy atom. The van der Waals surface area contributed by atoms with Crippen molar-refractivity contribution < 1.29 is 14.6 Å². The Balaban J connectivity index is 1.96. The standard InChI is InChI=1S/C18H20N2O3S/c1-4-6-8-13(5-2)11-20(3)18(22)23-12-16-19-17-14(21)9-7-10-15(17)24-16/h4-10,21H,2,11-12H2,1,3H3/b6-4-,13-8+. The topological polar surface area (TPSA) is 62.7 Å². The van der Waals surface area contributed by atoms with Crippen LogP contribution in [0.15, 0.2) is 54.7 Å². The lowest BCUT2D eigenvalue weighted by Gasteiger charge is -2.16. The van der Waals surface area contributed by atoms with Crippen LogP contribution < -0.4 is 0 Å². The lowest BCUT2D eigenvalue weighted by atomic mass is 10.2. The second-order valence-corrected chi connectivity index (χ2v) is 6.23. The molecule has 1 N–H and O–H groups in total. The molecule has 5 nitrogen and oxygen atoms in total. The number of phenols is 1. The number of rotatable bonds is 6. The lowest BCUT2D eigenvalue weighted by Crippen LogP contribution is -2.29. The van der Waals surface area contributed by atoms with E-state index in [0.29, 0.717) is 17.1 Å². The zero-order valence-corrected chi connectivity index (χ0v) is 14.5. The minimum Gasteiger partial charge on any atom is -0.506 e. The monoisotopic (exact) mass is 344 g/mol. The van der Waals surface area contributed by atoms with Crippen LogP contribution in [0.5, 0.6) is 5.75 Å². The number of carbonyl (C=O) groups is 1. The summed E-state index contributed by atoms with van der Waals surface area (Å²) >= 11 is 1.39. The lowest BCUT2D eigenvalue weighted by molar-refractivity contribution is 0.107. The van der Waals surface area contributed by atoms with Crippen LogP contribution in [0.2, 0.25) is 0 Å². The Hall–Kier alpha value is -2.60. The molecule has 0 spiro atoms. The van der Waals surface area contributed by atoms with Crippen molar-refractivity contribution >= 4 is 27.6 Å². The van der Waals surface area contributed by atoms with Crippen molar-refractivity contribution in [1.29, 1.82) is 0 Å². The van der Waals surface area contributed by atoms with Gasteiger partial charge >= 0.3 is 6.09 Å². The molecule has 24 heavy (non-hydrogen) atoms. The Morgan fingerprint density at radius 3 is 2.96 bits per heavy atom. The maximum absolute atomic E-state index is 12.1. The fourth-order valence-electron chi connectivity index (χ4n) is 2.02. The molecule has 2 aromatic rings. The number of nitrogens with zero attached hydrogens (tertiary/aromatic N) is 2. The van der Waals surface area contributed by atoms with Crippen LogP contribution in [0.3, 0.4) is 0 Å². The van der Waals surface area contributed by atoms with Crippen LogP contribution in [-0.4, -0.2) is 34.7 Å². The molecule has 0 bridgehead atoms. The van der Waals surface area contributed by atoms with Crippen molar-refractivity contribution in [2.24, 2.45) is 0 Å². The van der Waals surface area contributed by atoms with Crippen molar-refractivity contribution in [1.82, 2.24) is 9.88 Å². The Morgan fingerprint density at radius 2 is 2.29 bits per heavy atom. The zero-order chi connectivity index (χ0) is 17.5. The molecule has 0 saturated heterocycles. The van der Waals surface area contributed by atoms with E-state index in [1.165, 1.54) is 16.2 Å². The molecule has 0 radical (unpaired) electrons. The van der Waals surface area contributed by atoms with Crippen LogP contribution in [0, 0.1) is 0 Å². The van der Waals surface area contributed by atoms with Gasteiger partial charge in [-0.25, -0.2) is 9.78 Å². The average Bonchev–Trinajstić information content (AvgIpc) is 3.00. The highest BCUT2D eigenvalue weighted by atomic mass is 32.1. The van der Waals surface area contributed by atoms with Crippen LogP contribution in [0.1, 0.15) is 11.9 Å². The summed E-state index contributed by atoms with van der Waals surface area (Å²) in [6.45, 7) is 6.14. The van der Waals surface area contributed by atoms with E-state index in [1.807, 2.05) is 31.2 Å². The van der Waals surface area contributed by atoms with E-state index in [9.17, 15) is 9.90 Å². The molecule has 0 atom stereocenters. The van der Waals surface area contributed by atoms with Gasteiger partial charge in [0.15, 0.2) is 0 Å². The first-order chi connectivity index (χ1) is 11.5. The molecule has 126 valence electrons. The molecule has 0 unspecified atom stereocenters. The summed E-state index contributed by atoms with van der Waals surface area (Å²) in [7, 11) is 1.67. The van der Waals surface area contributed by atoms with E-state index in [1.54, 1.807) is 25.3 Å². The number of thiazole rings is 1. The molecule has 0 aliphatic rings. The van der Waals surface area contributed by atoms with E-state index < -0.39 is 6.09 Å². The van der Waals surface area contributed by atoms with Crippen molar-refractivity contribution in [3.63, 3.8) is 0 Å². The third-order valence-electron chi connectivity index (χ3n) is 3.26. The summed E-state index contributed by atoms with van der Waals surface area (Å²) < 4.78 is 6.14. The summed E-state index contributed by atoms with van der Waals surface area (Å²) in [6.07, 6.45) is 6.97. The molecule has 1 amide bonds. The van der Waals surface area contributed by atoms with Gasteiger partial charge in [-0.1, -0.05) is 36.9 Å². The summed E-state index contributed by atoms with van der Waals surface area (Å²) in [5.41, 5.74) is 1.45. The first-order valence-corrected chi connectivity index (χ1v) is 8.26. The number of aromatic hydroxyl groups is 1. The Kier molecular flexibility index (Phi) is 6.14. The van der Waals surface area contributed by atoms with E-state index >= 15 is 0 Å². The highest BCUT2D eigenvalue weighted by Gasteiger charge is 2.13. The minimum atomic E-state index is -0.438. The number of para-hydroxylation sites is 1. The number of hydrogen-bond donors (Lipinski definition) is 1. The smallest absolute Gasteiger partial charge is 0.410 e. The van der Waals surface area contributed by atoms with Crippen molar-refractivity contribution in [3.8, 4) is 5.75 Å². The predicted molar refractivity (Wildman–Crippen MR) is 97.2 cm³/mol. The molecule has 0 aliphatic heterocycles. The first kappa shape index (κ1) is 17.7. The number of benzene rings is 1. The minimum absolute atomic E-state index is 0.0734. The molecule has 1 aromatic carbocycles. The van der Waals surface area contributed by atoms with E-state index in [0.717, 1.165) is 10.3 Å². The highest BCUT2D eigenvalue weighted by molar-refractivity contribution is 7.18. The summed E-state index contributed by atoms with van der Waals surface area (Å²) in [5.74, 6) is 0.128. The number of carbonyl (C=O) groups excluding carboxylic acids is 1. The highest BCUT2D eigenvalue weighted by Crippen LogP contribution is 2.29. The summed E-state index contributed by atoms with van der Waals surface area (Å²) in [5, 5.41) is 10.4. The third kappa shape index (κ3) is 4.45. The van der Waals surface area contributed by atoms with Gasteiger partial charge < -0.3 is 14.7 Å². The van der Waals surface area contributed by atoms with Crippen LogP contribution >= 0.6 is 11.3 Å². The second kappa shape index (κ2) is 8.31. The fourth-order valence-corrected chi connectivity index (χ4v) is 2.92. The zero-order valence-electron chi connectivity index (χ0n) is 13.7. The van der Waals surface area contributed by atoms with Gasteiger partial charge in [-0.3, -0.25) is 0 Å². The summed E-state index contributed by atoms with van der Waals surface area (Å²) in [4.78, 5) is 17.8. The largest absolute Gasteiger partial charge is 0.506 e. The van der Waals surface area contributed by atoms with Gasteiger partial charge in [0.2, 0.25) is 0 Å². The Bertz CT molecular complexity index is 793. The number of likely N-dealkylation sites (N-methyl/N-ethyl adjacent to an activating group) is 1.